The van der Waals surface area contributed by atoms with Crippen LogP contribution in [0.2, 0.25) is 0 Å². The second-order valence-corrected chi connectivity index (χ2v) is 4.34. The molecular formula is C17H40N3Ti+. The van der Waals surface area contributed by atoms with Crippen LogP contribution in [0.1, 0.15) is 73.6 Å². The van der Waals surface area contributed by atoms with E-state index >= 15 is 0 Å². The van der Waals surface area contributed by atoms with E-state index in [1.807, 2.05) is 41.5 Å². The normalized spacial score (nSPS) is 11.7. The summed E-state index contributed by atoms with van der Waals surface area (Å²) < 4.78 is 0. The van der Waals surface area contributed by atoms with Crippen molar-refractivity contribution in [1.29, 1.82) is 0 Å². The van der Waals surface area contributed by atoms with Crippen molar-refractivity contribution in [3.05, 3.63) is 16.0 Å². The van der Waals surface area contributed by atoms with E-state index in [4.69, 9.17) is 0 Å². The quantitative estimate of drug-likeness (QED) is 0.523. The van der Waals surface area contributed by atoms with E-state index in [1.165, 1.54) is 32.1 Å². The fourth-order valence-electron chi connectivity index (χ4n) is 1.55. The molecule has 1 saturated carbocycles. The van der Waals surface area contributed by atoms with Gasteiger partial charge in [-0.1, -0.05) is 73.6 Å². The summed E-state index contributed by atoms with van der Waals surface area (Å²) in [5.74, 6) is 0. The van der Waals surface area contributed by atoms with Gasteiger partial charge in [-0.2, -0.15) is 39.3 Å². The minimum absolute atomic E-state index is 0. The van der Waals surface area contributed by atoms with Gasteiger partial charge < -0.3 is 16.0 Å². The minimum Gasteiger partial charge on any atom is -0.663 e. The molecule has 126 valence electrons. The van der Waals surface area contributed by atoms with Crippen LogP contribution in [0.15, 0.2) is 0 Å². The zero-order valence-corrected chi connectivity index (χ0v) is 17.2. The topological polar surface area (TPSA) is 42.3 Å². The average Bonchev–Trinajstić information content (AvgIpc) is 3.02. The van der Waals surface area contributed by atoms with Crippen LogP contribution in [0.3, 0.4) is 0 Å². The Morgan fingerprint density at radius 1 is 0.429 bits per heavy atom. The van der Waals surface area contributed by atoms with E-state index in [1.54, 1.807) is 0 Å². The predicted octanol–water partition coefficient (Wildman–Crippen LogP) is 6.15. The molecule has 0 heterocycles. The summed E-state index contributed by atoms with van der Waals surface area (Å²) in [6, 6.07) is 0. The summed E-state index contributed by atoms with van der Waals surface area (Å²) in [5, 5.41) is 11.9. The molecule has 3 nitrogen and oxygen atoms in total. The summed E-state index contributed by atoms with van der Waals surface area (Å²) in [5.41, 5.74) is 0. The third-order valence-electron chi connectivity index (χ3n) is 2.59. The largest absolute Gasteiger partial charge is 4.00 e. The molecule has 0 saturated heterocycles. The molecule has 1 aliphatic rings. The summed E-state index contributed by atoms with van der Waals surface area (Å²) in [4.78, 5) is 0. The second-order valence-electron chi connectivity index (χ2n) is 4.34. The molecule has 0 aromatic rings. The smallest absolute Gasteiger partial charge is 0.663 e. The Labute approximate surface area is 150 Å². The average molecular weight is 334 g/mol. The Morgan fingerprint density at radius 2 is 0.571 bits per heavy atom. The molecule has 1 fully saturated rings. The summed E-state index contributed by atoms with van der Waals surface area (Å²) in [6.07, 6.45) is 7.50. The molecule has 0 aromatic carbocycles. The first kappa shape index (κ1) is 29.6. The van der Waals surface area contributed by atoms with E-state index in [2.05, 4.69) is 16.0 Å². The van der Waals surface area contributed by atoms with Crippen LogP contribution in [0.25, 0.3) is 16.0 Å². The van der Waals surface area contributed by atoms with Gasteiger partial charge in [0.1, 0.15) is 0 Å². The van der Waals surface area contributed by atoms with Crippen LogP contribution < -0.4 is 0 Å². The first-order valence-electron chi connectivity index (χ1n) is 8.64. The van der Waals surface area contributed by atoms with Gasteiger partial charge in [0.15, 0.2) is 0 Å². The molecule has 0 amide bonds. The fourth-order valence-corrected chi connectivity index (χ4v) is 1.55. The maximum Gasteiger partial charge on any atom is 4.00 e. The summed E-state index contributed by atoms with van der Waals surface area (Å²) >= 11 is 0. The van der Waals surface area contributed by atoms with Crippen LogP contribution in [0, 0.1) is 0 Å². The maximum atomic E-state index is 3.97. The summed E-state index contributed by atoms with van der Waals surface area (Å²) in [7, 11) is 0. The SMILES string of the molecule is C1CCCC1.CC[N-]CC.CC[N-]CC.CC[N-]CC.[Ti+4]. The molecule has 0 unspecified atom stereocenters. The van der Waals surface area contributed by atoms with Gasteiger partial charge in [0, 0.05) is 0 Å². The van der Waals surface area contributed by atoms with Crippen molar-refractivity contribution in [2.24, 2.45) is 0 Å². The molecule has 0 aliphatic heterocycles. The number of hydrogen-bond donors (Lipinski definition) is 0. The van der Waals surface area contributed by atoms with Crippen LogP contribution in [0.4, 0.5) is 0 Å². The van der Waals surface area contributed by atoms with Crippen LogP contribution in [0.5, 0.6) is 0 Å². The van der Waals surface area contributed by atoms with Gasteiger partial charge in [0.2, 0.25) is 0 Å². The zero-order valence-electron chi connectivity index (χ0n) is 15.6. The van der Waals surface area contributed by atoms with Crippen LogP contribution in [-0.4, -0.2) is 39.3 Å². The van der Waals surface area contributed by atoms with Crippen molar-refractivity contribution in [2.45, 2.75) is 73.6 Å². The first-order chi connectivity index (χ1) is 9.74. The van der Waals surface area contributed by atoms with E-state index in [-0.39, 0.29) is 21.7 Å². The molecule has 0 atom stereocenters. The molecule has 21 heavy (non-hydrogen) atoms. The maximum absolute atomic E-state index is 3.97. The number of nitrogens with zero attached hydrogens (tertiary/aromatic N) is 3. The molecule has 4 heteroatoms. The van der Waals surface area contributed by atoms with E-state index in [9.17, 15) is 0 Å². The van der Waals surface area contributed by atoms with E-state index < -0.39 is 0 Å². The molecule has 0 spiro atoms. The third-order valence-corrected chi connectivity index (χ3v) is 2.59. The van der Waals surface area contributed by atoms with Gasteiger partial charge in [-0.3, -0.25) is 0 Å². The van der Waals surface area contributed by atoms with E-state index in [0.29, 0.717) is 0 Å². The predicted molar refractivity (Wildman–Crippen MR) is 96.4 cm³/mol. The van der Waals surface area contributed by atoms with Gasteiger partial charge in [0.25, 0.3) is 0 Å². The fraction of sp³-hybridized carbons (Fsp3) is 1.00. The molecular weight excluding hydrogens is 294 g/mol. The molecule has 0 radical (unpaired) electrons. The van der Waals surface area contributed by atoms with Crippen molar-refractivity contribution >= 4 is 0 Å². The Hall–Kier alpha value is 0.594. The van der Waals surface area contributed by atoms with Gasteiger partial charge in [-0.15, -0.1) is 0 Å². The molecule has 0 aromatic heterocycles. The van der Waals surface area contributed by atoms with Gasteiger partial charge in [-0.25, -0.2) is 0 Å². The van der Waals surface area contributed by atoms with E-state index in [0.717, 1.165) is 39.3 Å². The Morgan fingerprint density at radius 3 is 0.619 bits per heavy atom. The molecule has 0 N–H and O–H groups in total. The van der Waals surface area contributed by atoms with Gasteiger partial charge in [-0.05, 0) is 0 Å². The minimum atomic E-state index is 0. The monoisotopic (exact) mass is 334 g/mol. The van der Waals surface area contributed by atoms with Crippen molar-refractivity contribution < 1.29 is 21.7 Å². The van der Waals surface area contributed by atoms with Crippen LogP contribution >= 0.6 is 0 Å². The van der Waals surface area contributed by atoms with Crippen molar-refractivity contribution in [2.75, 3.05) is 39.3 Å². The number of hydrogen-bond acceptors (Lipinski definition) is 0. The standard InChI is InChI=1S/C5H10.3C4H10N.Ti/c1-2-4-5-3-1;3*1-3-5-4-2;/h1-5H2;3*3-4H2,1-2H3;/q;3*-1;+4. The van der Waals surface area contributed by atoms with Crippen molar-refractivity contribution in [1.82, 2.24) is 0 Å². The van der Waals surface area contributed by atoms with Crippen molar-refractivity contribution in [3.63, 3.8) is 0 Å². The molecule has 0 bridgehead atoms. The Bertz CT molecular complexity index is 92.7. The zero-order chi connectivity index (χ0) is 15.9. The van der Waals surface area contributed by atoms with Gasteiger partial charge in [0.05, 0.1) is 0 Å². The van der Waals surface area contributed by atoms with Crippen LogP contribution in [-0.2, 0) is 21.7 Å². The number of rotatable bonds is 6. The molecule has 1 rings (SSSR count). The third kappa shape index (κ3) is 53.0. The Kier molecular flexibility index (Phi) is 52.3. The molecule has 1 aliphatic carbocycles. The second kappa shape index (κ2) is 37.1. The summed E-state index contributed by atoms with van der Waals surface area (Å²) in [6.45, 7) is 18.1. The first-order valence-corrected chi connectivity index (χ1v) is 8.64. The van der Waals surface area contributed by atoms with Crippen molar-refractivity contribution in [3.8, 4) is 0 Å². The Balaban J connectivity index is -0.0000000903. The van der Waals surface area contributed by atoms with Gasteiger partial charge >= 0.3 is 21.7 Å².